The highest BCUT2D eigenvalue weighted by molar-refractivity contribution is 6.66. The molecule has 0 N–H and O–H groups in total. The van der Waals surface area contributed by atoms with Crippen LogP contribution in [0.15, 0.2) is 0 Å². The summed E-state index contributed by atoms with van der Waals surface area (Å²) in [5, 5.41) is 0. The van der Waals surface area contributed by atoms with Crippen molar-refractivity contribution < 1.29 is 22.1 Å². The molecule has 7 heteroatoms. The van der Waals surface area contributed by atoms with Gasteiger partial charge in [0.2, 0.25) is 0 Å². The van der Waals surface area contributed by atoms with Crippen LogP contribution >= 0.6 is 0 Å². The third kappa shape index (κ3) is 5.08. The van der Waals surface area contributed by atoms with Crippen LogP contribution in [-0.4, -0.2) is 52.9 Å². The summed E-state index contributed by atoms with van der Waals surface area (Å²) in [6.45, 7) is 4.23. The second-order valence-corrected chi connectivity index (χ2v) is 11.0. The van der Waals surface area contributed by atoms with Crippen LogP contribution in [0.2, 0.25) is 18.6 Å². The Bertz CT molecular complexity index is 211. The van der Waals surface area contributed by atoms with E-state index in [9.17, 15) is 0 Å². The maximum absolute atomic E-state index is 5.54. The summed E-state index contributed by atoms with van der Waals surface area (Å²) in [7, 11) is 3.80. The Morgan fingerprint density at radius 2 is 1.22 bits per heavy atom. The van der Waals surface area contributed by atoms with Crippen LogP contribution in [0.5, 0.6) is 0 Å². The second-order valence-electron chi connectivity index (χ2n) is 4.52. The molecule has 18 heavy (non-hydrogen) atoms. The Hall–Kier alpha value is 0.234. The predicted molar refractivity (Wildman–Crippen MR) is 75.8 cm³/mol. The molecule has 0 aliphatic heterocycles. The smallest absolute Gasteiger partial charge is 0.398 e. The van der Waals surface area contributed by atoms with Gasteiger partial charge < -0.3 is 22.1 Å². The van der Waals surface area contributed by atoms with Gasteiger partial charge in [-0.05, 0) is 18.5 Å². The number of rotatable bonds is 10. The van der Waals surface area contributed by atoms with Crippen molar-refractivity contribution in [2.45, 2.75) is 32.0 Å². The summed E-state index contributed by atoms with van der Waals surface area (Å²) in [4.78, 5) is 0. The zero-order valence-electron chi connectivity index (χ0n) is 12.7. The van der Waals surface area contributed by atoms with Crippen LogP contribution in [-0.2, 0) is 22.1 Å². The molecule has 0 rings (SSSR count). The van der Waals surface area contributed by atoms with Gasteiger partial charge in [0.25, 0.3) is 0 Å². The Labute approximate surface area is 113 Å². The van der Waals surface area contributed by atoms with Crippen LogP contribution in [0.25, 0.3) is 0 Å². The van der Waals surface area contributed by atoms with E-state index in [-0.39, 0.29) is 0 Å². The topological polar surface area (TPSA) is 46.2 Å². The highest BCUT2D eigenvalue weighted by Crippen LogP contribution is 2.29. The first kappa shape index (κ1) is 18.2. The molecule has 0 radical (unpaired) electrons. The molecule has 0 heterocycles. The van der Waals surface area contributed by atoms with Crippen molar-refractivity contribution in [1.29, 1.82) is 0 Å². The van der Waals surface area contributed by atoms with Crippen molar-refractivity contribution in [3.05, 3.63) is 0 Å². The van der Waals surface area contributed by atoms with Crippen molar-refractivity contribution in [1.82, 2.24) is 0 Å². The van der Waals surface area contributed by atoms with Gasteiger partial charge in [-0.2, -0.15) is 0 Å². The maximum Gasteiger partial charge on any atom is 0.500 e. The molecule has 0 aliphatic carbocycles. The van der Waals surface area contributed by atoms with Gasteiger partial charge >= 0.3 is 17.4 Å². The minimum Gasteiger partial charge on any atom is -0.398 e. The normalized spacial score (nSPS) is 14.8. The van der Waals surface area contributed by atoms with Crippen molar-refractivity contribution in [2.24, 2.45) is 5.92 Å². The van der Waals surface area contributed by atoms with Crippen LogP contribution in [0.4, 0.5) is 0 Å². The minimum atomic E-state index is -2.52. The Balaban J connectivity index is 4.69. The molecule has 5 nitrogen and oxygen atoms in total. The first-order chi connectivity index (χ1) is 8.44. The van der Waals surface area contributed by atoms with Crippen molar-refractivity contribution in [3.8, 4) is 0 Å². The lowest BCUT2D eigenvalue weighted by Gasteiger charge is -2.32. The lowest BCUT2D eigenvalue weighted by Crippen LogP contribution is -2.46. The Morgan fingerprint density at radius 3 is 1.50 bits per heavy atom. The van der Waals surface area contributed by atoms with Gasteiger partial charge in [0, 0.05) is 41.6 Å². The summed E-state index contributed by atoms with van der Waals surface area (Å²) in [6, 6.07) is 1.71. The summed E-state index contributed by atoms with van der Waals surface area (Å²) in [5.41, 5.74) is 0. The molecule has 0 amide bonds. The molecule has 0 saturated heterocycles. The molecule has 0 aromatic rings. The fourth-order valence-electron chi connectivity index (χ4n) is 1.99. The zero-order chi connectivity index (χ0) is 14.2. The average molecular weight is 297 g/mol. The summed E-state index contributed by atoms with van der Waals surface area (Å²) < 4.78 is 27.5. The molecule has 1 atom stereocenters. The van der Waals surface area contributed by atoms with Crippen LogP contribution in [0, 0.1) is 5.92 Å². The molecule has 0 aromatic heterocycles. The van der Waals surface area contributed by atoms with E-state index in [0.29, 0.717) is 5.92 Å². The monoisotopic (exact) mass is 296 g/mol. The van der Waals surface area contributed by atoms with Crippen molar-refractivity contribution in [3.63, 3.8) is 0 Å². The highest BCUT2D eigenvalue weighted by atomic mass is 28.4. The molecule has 0 fully saturated rings. The first-order valence-electron chi connectivity index (χ1n) is 6.20. The highest BCUT2D eigenvalue weighted by Gasteiger charge is 2.43. The molecular formula is C11H28O5Si2. The largest absolute Gasteiger partial charge is 0.500 e. The van der Waals surface area contributed by atoms with Crippen molar-refractivity contribution in [2.75, 3.05) is 35.5 Å². The third-order valence-electron chi connectivity index (χ3n) is 3.57. The van der Waals surface area contributed by atoms with Gasteiger partial charge in [-0.25, -0.2) is 0 Å². The molecule has 0 bridgehead atoms. The van der Waals surface area contributed by atoms with Crippen LogP contribution in [0.1, 0.15) is 13.3 Å². The lowest BCUT2D eigenvalue weighted by molar-refractivity contribution is 0.117. The lowest BCUT2D eigenvalue weighted by atomic mass is 10.1. The second kappa shape index (κ2) is 8.41. The third-order valence-corrected chi connectivity index (χ3v) is 9.56. The summed E-state index contributed by atoms with van der Waals surface area (Å²) >= 11 is 0. The standard InChI is InChI=1S/C11H28O5Si2/c1-8-11(9-17(7,12-2)13-3)10-18(14-4,15-5)16-6/h11H,8-10H2,1-7H3. The van der Waals surface area contributed by atoms with Gasteiger partial charge in [0.15, 0.2) is 0 Å². The van der Waals surface area contributed by atoms with E-state index in [1.54, 1.807) is 35.5 Å². The fourth-order valence-corrected chi connectivity index (χ4v) is 6.40. The van der Waals surface area contributed by atoms with E-state index in [0.717, 1.165) is 18.5 Å². The molecule has 1 unspecified atom stereocenters. The molecular weight excluding hydrogens is 268 g/mol. The van der Waals surface area contributed by atoms with Crippen LogP contribution in [0.3, 0.4) is 0 Å². The Kier molecular flexibility index (Phi) is 8.52. The van der Waals surface area contributed by atoms with Gasteiger partial charge in [-0.3, -0.25) is 0 Å². The zero-order valence-corrected chi connectivity index (χ0v) is 14.7. The van der Waals surface area contributed by atoms with E-state index in [1.165, 1.54) is 0 Å². The molecule has 0 aromatic carbocycles. The quantitative estimate of drug-likeness (QED) is 0.579. The predicted octanol–water partition coefficient (Wildman–Crippen LogP) is 2.26. The van der Waals surface area contributed by atoms with E-state index in [2.05, 4.69) is 13.5 Å². The van der Waals surface area contributed by atoms with Gasteiger partial charge in [-0.15, -0.1) is 0 Å². The van der Waals surface area contributed by atoms with Gasteiger partial charge in [0.1, 0.15) is 0 Å². The number of hydrogen-bond donors (Lipinski definition) is 0. The van der Waals surface area contributed by atoms with Gasteiger partial charge in [0.05, 0.1) is 0 Å². The molecule has 0 spiro atoms. The molecule has 0 aliphatic rings. The van der Waals surface area contributed by atoms with E-state index in [1.807, 2.05) is 0 Å². The van der Waals surface area contributed by atoms with E-state index in [4.69, 9.17) is 22.1 Å². The van der Waals surface area contributed by atoms with E-state index < -0.39 is 17.4 Å². The molecule has 110 valence electrons. The number of hydrogen-bond acceptors (Lipinski definition) is 5. The molecule has 0 saturated carbocycles. The Morgan fingerprint density at radius 1 is 0.778 bits per heavy atom. The SMILES string of the molecule is CCC(C[Si](C)(OC)OC)C[Si](OC)(OC)OC. The van der Waals surface area contributed by atoms with Crippen molar-refractivity contribution >= 4 is 17.4 Å². The summed E-state index contributed by atoms with van der Waals surface area (Å²) in [5.74, 6) is 0.424. The maximum atomic E-state index is 5.54. The summed E-state index contributed by atoms with van der Waals surface area (Å²) in [6.07, 6.45) is 1.03. The van der Waals surface area contributed by atoms with Gasteiger partial charge in [-0.1, -0.05) is 13.3 Å². The fraction of sp³-hybridized carbons (Fsp3) is 1.00. The minimum absolute atomic E-state index is 0.424. The van der Waals surface area contributed by atoms with E-state index >= 15 is 0 Å². The average Bonchev–Trinajstić information content (AvgIpc) is 2.43. The first-order valence-corrected chi connectivity index (χ1v) is 10.7. The van der Waals surface area contributed by atoms with Crippen LogP contribution < -0.4 is 0 Å².